The van der Waals surface area contributed by atoms with E-state index >= 15 is 0 Å². The number of benzene rings is 2. The van der Waals surface area contributed by atoms with Crippen LogP contribution in [0.25, 0.3) is 0 Å². The number of anilines is 1. The van der Waals surface area contributed by atoms with E-state index in [9.17, 15) is 9.18 Å². The van der Waals surface area contributed by atoms with Crippen LogP contribution in [-0.2, 0) is 18.0 Å². The summed E-state index contributed by atoms with van der Waals surface area (Å²) in [6, 6.07) is 13.3. The maximum absolute atomic E-state index is 13.6. The Kier molecular flexibility index (Phi) is 4.68. The summed E-state index contributed by atoms with van der Waals surface area (Å²) in [7, 11) is 0. The molecule has 5 heteroatoms. The van der Waals surface area contributed by atoms with Crippen molar-refractivity contribution >= 4 is 11.8 Å². The molecule has 0 bridgehead atoms. The molecule has 0 radical (unpaired) electrons. The molecule has 0 saturated carbocycles. The number of aliphatic hydroxyl groups excluding tert-OH is 1. The van der Waals surface area contributed by atoms with Crippen LogP contribution >= 0.6 is 0 Å². The summed E-state index contributed by atoms with van der Waals surface area (Å²) in [5.74, 6) is -0.617. The lowest BCUT2D eigenvalue weighted by Gasteiger charge is -2.11. The Morgan fingerprint density at radius 1 is 1.15 bits per heavy atom. The zero-order valence-corrected chi connectivity index (χ0v) is 10.7. The second-order valence-corrected chi connectivity index (χ2v) is 4.12. The molecule has 0 atom stereocenters. The average molecular weight is 275 g/mol. The number of carbonyl (C=O) groups is 1. The van der Waals surface area contributed by atoms with Crippen LogP contribution in [0, 0.1) is 5.82 Å². The molecule has 104 valence electrons. The number of carbonyl (C=O) groups excluding carboxylic acids is 1. The average Bonchev–Trinajstić information content (AvgIpc) is 2.48. The van der Waals surface area contributed by atoms with Gasteiger partial charge >= 0.3 is 6.09 Å². The molecule has 0 aliphatic rings. The first-order chi connectivity index (χ1) is 9.70. The first-order valence-electron chi connectivity index (χ1n) is 6.06. The predicted molar refractivity (Wildman–Crippen MR) is 72.6 cm³/mol. The fourth-order valence-electron chi connectivity index (χ4n) is 1.70. The van der Waals surface area contributed by atoms with Gasteiger partial charge in [-0.1, -0.05) is 42.5 Å². The molecule has 0 fully saturated rings. The lowest BCUT2D eigenvalue weighted by Crippen LogP contribution is -2.16. The molecule has 2 aromatic carbocycles. The van der Waals surface area contributed by atoms with Gasteiger partial charge in [0.1, 0.15) is 12.4 Å². The van der Waals surface area contributed by atoms with Crippen molar-refractivity contribution in [2.24, 2.45) is 0 Å². The smallest absolute Gasteiger partial charge is 0.412 e. The summed E-state index contributed by atoms with van der Waals surface area (Å²) in [4.78, 5) is 11.6. The summed E-state index contributed by atoms with van der Waals surface area (Å²) in [5, 5.41) is 11.4. The number of para-hydroxylation sites is 1. The van der Waals surface area contributed by atoms with Crippen LogP contribution in [0.2, 0.25) is 0 Å². The molecule has 2 rings (SSSR count). The molecule has 0 unspecified atom stereocenters. The van der Waals surface area contributed by atoms with E-state index in [1.165, 1.54) is 18.2 Å². The Hall–Kier alpha value is -2.40. The van der Waals surface area contributed by atoms with E-state index in [2.05, 4.69) is 5.32 Å². The van der Waals surface area contributed by atoms with Gasteiger partial charge in [0, 0.05) is 5.56 Å². The van der Waals surface area contributed by atoms with Gasteiger partial charge in [-0.3, -0.25) is 5.32 Å². The van der Waals surface area contributed by atoms with E-state index in [0.717, 1.165) is 5.56 Å². The minimum atomic E-state index is -0.770. The number of hydrogen-bond acceptors (Lipinski definition) is 3. The summed E-state index contributed by atoms with van der Waals surface area (Å²) in [5.41, 5.74) is 1.06. The minimum absolute atomic E-state index is 0.0620. The Morgan fingerprint density at radius 3 is 2.60 bits per heavy atom. The van der Waals surface area contributed by atoms with Gasteiger partial charge < -0.3 is 9.84 Å². The van der Waals surface area contributed by atoms with E-state index in [1.807, 2.05) is 30.3 Å². The highest BCUT2D eigenvalue weighted by Gasteiger charge is 2.12. The highest BCUT2D eigenvalue weighted by molar-refractivity contribution is 5.85. The van der Waals surface area contributed by atoms with E-state index in [4.69, 9.17) is 9.84 Å². The molecule has 0 heterocycles. The fraction of sp³-hybridized carbons (Fsp3) is 0.133. The van der Waals surface area contributed by atoms with E-state index in [0.29, 0.717) is 5.56 Å². The topological polar surface area (TPSA) is 58.6 Å². The van der Waals surface area contributed by atoms with Crippen LogP contribution < -0.4 is 5.32 Å². The number of nitrogens with one attached hydrogen (secondary N) is 1. The molecule has 1 amide bonds. The molecule has 0 aliphatic carbocycles. The summed E-state index contributed by atoms with van der Waals surface area (Å²) < 4.78 is 18.6. The third-order valence-electron chi connectivity index (χ3n) is 2.71. The van der Waals surface area contributed by atoms with Crippen LogP contribution in [0.1, 0.15) is 11.1 Å². The van der Waals surface area contributed by atoms with Gasteiger partial charge in [0.15, 0.2) is 0 Å². The normalized spacial score (nSPS) is 10.1. The summed E-state index contributed by atoms with van der Waals surface area (Å²) in [6.45, 7) is -0.276. The molecule has 2 N–H and O–H groups in total. The lowest BCUT2D eigenvalue weighted by atomic mass is 10.2. The van der Waals surface area contributed by atoms with Crippen molar-refractivity contribution in [2.45, 2.75) is 13.2 Å². The quantitative estimate of drug-likeness (QED) is 0.901. The van der Waals surface area contributed by atoms with Crippen molar-refractivity contribution < 1.29 is 19.0 Å². The molecule has 2 aromatic rings. The zero-order valence-electron chi connectivity index (χ0n) is 10.7. The molecule has 0 spiro atoms. The van der Waals surface area contributed by atoms with Crippen molar-refractivity contribution in [1.29, 1.82) is 0 Å². The first-order valence-corrected chi connectivity index (χ1v) is 6.06. The van der Waals surface area contributed by atoms with Gasteiger partial charge in [0.2, 0.25) is 0 Å². The Bertz CT molecular complexity index is 587. The Balaban J connectivity index is 1.98. The van der Waals surface area contributed by atoms with Crippen LogP contribution in [0.3, 0.4) is 0 Å². The highest BCUT2D eigenvalue weighted by Crippen LogP contribution is 2.20. The fourth-order valence-corrected chi connectivity index (χ4v) is 1.70. The SMILES string of the molecule is O=C(Nc1c(F)cccc1CO)OCc1ccccc1. The standard InChI is InChI=1S/C15H14FNO3/c16-13-8-4-7-12(9-18)14(13)17-15(19)20-10-11-5-2-1-3-6-11/h1-8,18H,9-10H2,(H,17,19). The number of halogens is 1. The minimum Gasteiger partial charge on any atom is -0.444 e. The zero-order chi connectivity index (χ0) is 14.4. The van der Waals surface area contributed by atoms with Crippen molar-refractivity contribution in [1.82, 2.24) is 0 Å². The van der Waals surface area contributed by atoms with E-state index in [-0.39, 0.29) is 18.9 Å². The first kappa shape index (κ1) is 14.0. The third kappa shape index (κ3) is 3.55. The van der Waals surface area contributed by atoms with Crippen LogP contribution in [0.4, 0.5) is 14.9 Å². The number of amides is 1. The molecule has 0 aromatic heterocycles. The van der Waals surface area contributed by atoms with Crippen molar-refractivity contribution in [3.63, 3.8) is 0 Å². The molecule has 4 nitrogen and oxygen atoms in total. The molecular formula is C15H14FNO3. The summed E-state index contributed by atoms with van der Waals surface area (Å²) in [6.07, 6.45) is -0.770. The maximum Gasteiger partial charge on any atom is 0.412 e. The van der Waals surface area contributed by atoms with Crippen LogP contribution in [0.5, 0.6) is 0 Å². The number of rotatable bonds is 4. The second-order valence-electron chi connectivity index (χ2n) is 4.12. The van der Waals surface area contributed by atoms with Gasteiger partial charge in [0.05, 0.1) is 12.3 Å². The van der Waals surface area contributed by atoms with Gasteiger partial charge in [-0.25, -0.2) is 9.18 Å². The second kappa shape index (κ2) is 6.68. The van der Waals surface area contributed by atoms with E-state index in [1.54, 1.807) is 0 Å². The molecule has 0 aliphatic heterocycles. The van der Waals surface area contributed by atoms with Gasteiger partial charge in [-0.05, 0) is 11.6 Å². The molecule has 20 heavy (non-hydrogen) atoms. The number of hydrogen-bond donors (Lipinski definition) is 2. The molecule has 0 saturated heterocycles. The lowest BCUT2D eigenvalue weighted by molar-refractivity contribution is 0.155. The van der Waals surface area contributed by atoms with Crippen LogP contribution in [0.15, 0.2) is 48.5 Å². The maximum atomic E-state index is 13.6. The summed E-state index contributed by atoms with van der Waals surface area (Å²) >= 11 is 0. The van der Waals surface area contributed by atoms with Gasteiger partial charge in [-0.15, -0.1) is 0 Å². The van der Waals surface area contributed by atoms with Crippen molar-refractivity contribution in [3.8, 4) is 0 Å². The number of ether oxygens (including phenoxy) is 1. The number of aliphatic hydroxyl groups is 1. The largest absolute Gasteiger partial charge is 0.444 e. The van der Waals surface area contributed by atoms with Crippen LogP contribution in [-0.4, -0.2) is 11.2 Å². The van der Waals surface area contributed by atoms with Crippen molar-refractivity contribution in [2.75, 3.05) is 5.32 Å². The van der Waals surface area contributed by atoms with Gasteiger partial charge in [-0.2, -0.15) is 0 Å². The van der Waals surface area contributed by atoms with Gasteiger partial charge in [0.25, 0.3) is 0 Å². The Morgan fingerprint density at radius 2 is 1.90 bits per heavy atom. The Labute approximate surface area is 115 Å². The predicted octanol–water partition coefficient (Wildman–Crippen LogP) is 3.07. The van der Waals surface area contributed by atoms with Crippen molar-refractivity contribution in [3.05, 3.63) is 65.5 Å². The highest BCUT2D eigenvalue weighted by atomic mass is 19.1. The third-order valence-corrected chi connectivity index (χ3v) is 2.71. The monoisotopic (exact) mass is 275 g/mol. The van der Waals surface area contributed by atoms with E-state index < -0.39 is 11.9 Å². The molecular weight excluding hydrogens is 261 g/mol.